The number of hydrogen-bond acceptors (Lipinski definition) is 7. The van der Waals surface area contributed by atoms with E-state index < -0.39 is 0 Å². The van der Waals surface area contributed by atoms with E-state index in [1.807, 2.05) is 29.6 Å². The molecule has 0 aliphatic carbocycles. The van der Waals surface area contributed by atoms with Crippen molar-refractivity contribution >= 4 is 17.1 Å². The molecule has 0 aliphatic rings. The van der Waals surface area contributed by atoms with E-state index in [0.717, 1.165) is 17.0 Å². The van der Waals surface area contributed by atoms with Crippen LogP contribution < -0.4 is 18.9 Å². The first-order valence-corrected chi connectivity index (χ1v) is 8.94. The first-order chi connectivity index (χ1) is 13.1. The number of aromatic nitrogens is 1. The molecule has 0 bridgehead atoms. The van der Waals surface area contributed by atoms with Gasteiger partial charge >= 0.3 is 0 Å². The molecule has 140 valence electrons. The molecule has 1 aromatic heterocycles. The number of hydrogen-bond donors (Lipinski definition) is 0. The number of benzene rings is 2. The molecule has 1 heterocycles. The van der Waals surface area contributed by atoms with Crippen LogP contribution in [0.25, 0.3) is 11.3 Å². The number of rotatable bonds is 7. The van der Waals surface area contributed by atoms with Gasteiger partial charge in [-0.3, -0.25) is 4.79 Å². The highest BCUT2D eigenvalue weighted by molar-refractivity contribution is 7.12. The third-order valence-corrected chi connectivity index (χ3v) is 4.85. The molecule has 6 nitrogen and oxygen atoms in total. The van der Waals surface area contributed by atoms with Gasteiger partial charge in [0, 0.05) is 16.5 Å². The summed E-state index contributed by atoms with van der Waals surface area (Å²) in [6, 6.07) is 10.8. The number of thiazole rings is 1. The maximum absolute atomic E-state index is 12.9. The predicted molar refractivity (Wildman–Crippen MR) is 104 cm³/mol. The van der Waals surface area contributed by atoms with Gasteiger partial charge in [-0.1, -0.05) is 0 Å². The Bertz CT molecular complexity index is 924. The zero-order valence-corrected chi connectivity index (χ0v) is 16.3. The van der Waals surface area contributed by atoms with Crippen LogP contribution in [-0.2, 0) is 0 Å². The molecule has 0 spiro atoms. The molecule has 0 N–H and O–H groups in total. The molecule has 0 aliphatic heterocycles. The molecular formula is C20H19NO5S. The largest absolute Gasteiger partial charge is 0.497 e. The molecule has 0 unspecified atom stereocenters. The van der Waals surface area contributed by atoms with Crippen LogP contribution in [0, 0.1) is 0 Å². The standard InChI is InChI=1S/C20H19NO5S/c1-23-14-7-5-12(6-8-14)15-11-27-20(21-15)18(22)13-9-16(24-2)19(26-4)17(10-13)25-3/h5-11H,1-4H3. The van der Waals surface area contributed by atoms with Gasteiger partial charge in [-0.25, -0.2) is 4.98 Å². The Labute approximate surface area is 161 Å². The van der Waals surface area contributed by atoms with E-state index in [4.69, 9.17) is 18.9 Å². The van der Waals surface area contributed by atoms with Crippen molar-refractivity contribution < 1.29 is 23.7 Å². The Hall–Kier alpha value is -3.06. The van der Waals surface area contributed by atoms with Gasteiger partial charge in [0.15, 0.2) is 16.5 Å². The average molecular weight is 385 g/mol. The lowest BCUT2D eigenvalue weighted by Crippen LogP contribution is -2.04. The molecule has 3 aromatic rings. The van der Waals surface area contributed by atoms with Crippen molar-refractivity contribution in [3.8, 4) is 34.3 Å². The number of methoxy groups -OCH3 is 4. The minimum absolute atomic E-state index is 0.209. The fourth-order valence-electron chi connectivity index (χ4n) is 2.61. The van der Waals surface area contributed by atoms with E-state index in [2.05, 4.69) is 4.98 Å². The van der Waals surface area contributed by atoms with Crippen LogP contribution in [-0.4, -0.2) is 39.2 Å². The molecule has 0 atom stereocenters. The molecule has 27 heavy (non-hydrogen) atoms. The third-order valence-electron chi connectivity index (χ3n) is 4.01. The molecule has 3 rings (SSSR count). The number of ketones is 1. The summed E-state index contributed by atoms with van der Waals surface area (Å²) in [5.74, 6) is 1.84. The average Bonchev–Trinajstić information content (AvgIpc) is 3.22. The summed E-state index contributed by atoms with van der Waals surface area (Å²) in [6.07, 6.45) is 0. The van der Waals surface area contributed by atoms with Crippen molar-refractivity contribution in [3.63, 3.8) is 0 Å². The monoisotopic (exact) mass is 385 g/mol. The molecule has 0 amide bonds. The summed E-state index contributed by atoms with van der Waals surface area (Å²) >= 11 is 1.29. The molecule has 0 radical (unpaired) electrons. The van der Waals surface area contributed by atoms with Crippen LogP contribution in [0.2, 0.25) is 0 Å². The molecular weight excluding hydrogens is 366 g/mol. The Kier molecular flexibility index (Phi) is 5.61. The van der Waals surface area contributed by atoms with Crippen LogP contribution >= 0.6 is 11.3 Å². The summed E-state index contributed by atoms with van der Waals surface area (Å²) in [7, 11) is 6.16. The van der Waals surface area contributed by atoms with E-state index in [1.165, 1.54) is 32.7 Å². The van der Waals surface area contributed by atoms with Gasteiger partial charge in [0.1, 0.15) is 5.75 Å². The normalized spacial score (nSPS) is 10.4. The van der Waals surface area contributed by atoms with Crippen LogP contribution in [0.5, 0.6) is 23.0 Å². The summed E-state index contributed by atoms with van der Waals surface area (Å²) in [4.78, 5) is 17.4. The summed E-state index contributed by atoms with van der Waals surface area (Å²) in [5, 5.41) is 2.24. The SMILES string of the molecule is COc1ccc(-c2csc(C(=O)c3cc(OC)c(OC)c(OC)c3)n2)cc1. The van der Waals surface area contributed by atoms with Gasteiger partial charge in [-0.15, -0.1) is 11.3 Å². The summed E-state index contributed by atoms with van der Waals surface area (Å²) in [6.45, 7) is 0. The zero-order chi connectivity index (χ0) is 19.4. The van der Waals surface area contributed by atoms with Crippen molar-refractivity contribution in [2.24, 2.45) is 0 Å². The minimum Gasteiger partial charge on any atom is -0.497 e. The second-order valence-electron chi connectivity index (χ2n) is 5.51. The Morgan fingerprint density at radius 2 is 1.52 bits per heavy atom. The van der Waals surface area contributed by atoms with Gasteiger partial charge in [0.2, 0.25) is 11.5 Å². The number of carbonyl (C=O) groups is 1. The minimum atomic E-state index is -0.209. The smallest absolute Gasteiger partial charge is 0.221 e. The second-order valence-corrected chi connectivity index (χ2v) is 6.37. The fraction of sp³-hybridized carbons (Fsp3) is 0.200. The maximum Gasteiger partial charge on any atom is 0.221 e. The lowest BCUT2D eigenvalue weighted by molar-refractivity contribution is 0.103. The van der Waals surface area contributed by atoms with Crippen molar-refractivity contribution in [3.05, 3.63) is 52.3 Å². The highest BCUT2D eigenvalue weighted by atomic mass is 32.1. The zero-order valence-electron chi connectivity index (χ0n) is 15.4. The molecule has 7 heteroatoms. The van der Waals surface area contributed by atoms with Crippen LogP contribution in [0.1, 0.15) is 15.4 Å². The molecule has 0 saturated carbocycles. The van der Waals surface area contributed by atoms with Gasteiger partial charge < -0.3 is 18.9 Å². The number of carbonyl (C=O) groups excluding carboxylic acids is 1. The van der Waals surface area contributed by atoms with E-state index in [9.17, 15) is 4.79 Å². The van der Waals surface area contributed by atoms with E-state index >= 15 is 0 Å². The molecule has 2 aromatic carbocycles. The quantitative estimate of drug-likeness (QED) is 0.571. The van der Waals surface area contributed by atoms with Gasteiger partial charge in [0.25, 0.3) is 0 Å². The Morgan fingerprint density at radius 3 is 2.04 bits per heavy atom. The number of ether oxygens (including phenoxy) is 4. The van der Waals surface area contributed by atoms with E-state index in [1.54, 1.807) is 19.2 Å². The van der Waals surface area contributed by atoms with Crippen molar-refractivity contribution in [2.45, 2.75) is 0 Å². The highest BCUT2D eigenvalue weighted by Crippen LogP contribution is 2.39. The van der Waals surface area contributed by atoms with Crippen molar-refractivity contribution in [2.75, 3.05) is 28.4 Å². The topological polar surface area (TPSA) is 66.9 Å². The van der Waals surface area contributed by atoms with Crippen LogP contribution in [0.4, 0.5) is 0 Å². The third kappa shape index (κ3) is 3.73. The van der Waals surface area contributed by atoms with Crippen LogP contribution in [0.3, 0.4) is 0 Å². The second kappa shape index (κ2) is 8.09. The van der Waals surface area contributed by atoms with Gasteiger partial charge in [-0.05, 0) is 36.4 Å². The van der Waals surface area contributed by atoms with E-state index in [-0.39, 0.29) is 5.78 Å². The van der Waals surface area contributed by atoms with E-state index in [0.29, 0.717) is 27.8 Å². The highest BCUT2D eigenvalue weighted by Gasteiger charge is 2.20. The maximum atomic E-state index is 12.9. The fourth-order valence-corrected chi connectivity index (χ4v) is 3.40. The van der Waals surface area contributed by atoms with Gasteiger partial charge in [-0.2, -0.15) is 0 Å². The first-order valence-electron chi connectivity index (χ1n) is 8.06. The molecule has 0 saturated heterocycles. The Balaban J connectivity index is 1.93. The lowest BCUT2D eigenvalue weighted by Gasteiger charge is -2.13. The number of nitrogens with zero attached hydrogens (tertiary/aromatic N) is 1. The van der Waals surface area contributed by atoms with Crippen molar-refractivity contribution in [1.29, 1.82) is 0 Å². The summed E-state index contributed by atoms with van der Waals surface area (Å²) < 4.78 is 21.1. The predicted octanol–water partition coefficient (Wildman–Crippen LogP) is 4.08. The lowest BCUT2D eigenvalue weighted by atomic mass is 10.1. The Morgan fingerprint density at radius 1 is 0.889 bits per heavy atom. The summed E-state index contributed by atoms with van der Waals surface area (Å²) in [5.41, 5.74) is 2.06. The van der Waals surface area contributed by atoms with Crippen LogP contribution in [0.15, 0.2) is 41.8 Å². The molecule has 0 fully saturated rings. The van der Waals surface area contributed by atoms with Gasteiger partial charge in [0.05, 0.1) is 34.1 Å². The first kappa shape index (κ1) is 18.7. The van der Waals surface area contributed by atoms with Crippen molar-refractivity contribution in [1.82, 2.24) is 4.98 Å².